The lowest BCUT2D eigenvalue weighted by Gasteiger charge is -2.12. The van der Waals surface area contributed by atoms with Gasteiger partial charge in [-0.1, -0.05) is 30.3 Å². The molecule has 78 valence electrons. The van der Waals surface area contributed by atoms with Gasteiger partial charge >= 0.3 is 0 Å². The largest absolute Gasteiger partial charge is 0.379 e. The lowest BCUT2D eigenvalue weighted by molar-refractivity contribution is 1.09. The summed E-state index contributed by atoms with van der Waals surface area (Å²) in [5.41, 5.74) is 4.02. The molecule has 0 aliphatic carbocycles. The second-order valence-electron chi connectivity index (χ2n) is 3.70. The predicted molar refractivity (Wildman–Crippen MR) is 64.4 cm³/mol. The standard InChI is InChI=1S/C13H11N3/c1-2-6-11-10(5-1)9-14-12-7-3-4-8-13(12)16-15-11/h1-8,14H,9H2. The van der Waals surface area contributed by atoms with Gasteiger partial charge in [-0.25, -0.2) is 0 Å². The van der Waals surface area contributed by atoms with Crippen LogP contribution < -0.4 is 5.32 Å². The highest BCUT2D eigenvalue weighted by Gasteiger charge is 2.06. The third-order valence-corrected chi connectivity index (χ3v) is 2.63. The Morgan fingerprint density at radius 2 is 1.50 bits per heavy atom. The van der Waals surface area contributed by atoms with E-state index in [9.17, 15) is 0 Å². The Morgan fingerprint density at radius 1 is 0.812 bits per heavy atom. The fraction of sp³-hybridized carbons (Fsp3) is 0.0769. The van der Waals surface area contributed by atoms with Gasteiger partial charge in [-0.3, -0.25) is 0 Å². The zero-order valence-corrected chi connectivity index (χ0v) is 8.72. The van der Waals surface area contributed by atoms with Gasteiger partial charge in [0.05, 0.1) is 11.4 Å². The smallest absolute Gasteiger partial charge is 0.109 e. The maximum atomic E-state index is 4.27. The molecule has 2 aromatic rings. The molecule has 2 aromatic carbocycles. The van der Waals surface area contributed by atoms with Crippen molar-refractivity contribution in [3.8, 4) is 0 Å². The number of hydrogen-bond acceptors (Lipinski definition) is 3. The summed E-state index contributed by atoms with van der Waals surface area (Å²) in [6.07, 6.45) is 0. The Morgan fingerprint density at radius 3 is 2.44 bits per heavy atom. The number of hydrogen-bond donors (Lipinski definition) is 1. The van der Waals surface area contributed by atoms with E-state index in [1.54, 1.807) is 0 Å². The van der Waals surface area contributed by atoms with Gasteiger partial charge in [-0.2, -0.15) is 5.11 Å². The van der Waals surface area contributed by atoms with E-state index in [0.717, 1.165) is 23.6 Å². The van der Waals surface area contributed by atoms with E-state index in [1.165, 1.54) is 5.56 Å². The van der Waals surface area contributed by atoms with Gasteiger partial charge in [-0.05, 0) is 23.8 Å². The molecule has 1 aliphatic rings. The maximum Gasteiger partial charge on any atom is 0.109 e. The van der Waals surface area contributed by atoms with Crippen molar-refractivity contribution in [3.05, 3.63) is 54.1 Å². The molecule has 1 heterocycles. The highest BCUT2D eigenvalue weighted by atomic mass is 15.1. The maximum absolute atomic E-state index is 4.27. The summed E-state index contributed by atoms with van der Waals surface area (Å²) < 4.78 is 0. The van der Waals surface area contributed by atoms with Gasteiger partial charge in [0, 0.05) is 6.54 Å². The number of nitrogens with one attached hydrogen (secondary N) is 1. The van der Waals surface area contributed by atoms with Crippen LogP contribution in [0.3, 0.4) is 0 Å². The third kappa shape index (κ3) is 1.56. The molecule has 0 bridgehead atoms. The van der Waals surface area contributed by atoms with Crippen LogP contribution in [0.2, 0.25) is 0 Å². The van der Waals surface area contributed by atoms with Gasteiger partial charge in [0.15, 0.2) is 0 Å². The minimum absolute atomic E-state index is 0.784. The molecule has 0 spiro atoms. The average Bonchev–Trinajstić information content (AvgIpc) is 2.32. The van der Waals surface area contributed by atoms with Crippen molar-refractivity contribution in [3.63, 3.8) is 0 Å². The number of azo groups is 1. The van der Waals surface area contributed by atoms with Crippen molar-refractivity contribution in [1.82, 2.24) is 0 Å². The first-order valence-corrected chi connectivity index (χ1v) is 5.26. The highest BCUT2D eigenvalue weighted by molar-refractivity contribution is 5.66. The number of rotatable bonds is 0. The molecule has 0 amide bonds. The molecule has 0 aromatic heterocycles. The molecule has 0 radical (unpaired) electrons. The highest BCUT2D eigenvalue weighted by Crippen LogP contribution is 2.31. The van der Waals surface area contributed by atoms with Crippen molar-refractivity contribution in [1.29, 1.82) is 0 Å². The minimum atomic E-state index is 0.784. The molecular weight excluding hydrogens is 198 g/mol. The van der Waals surface area contributed by atoms with Crippen LogP contribution in [0.1, 0.15) is 5.56 Å². The van der Waals surface area contributed by atoms with E-state index in [1.807, 2.05) is 42.5 Å². The normalized spacial score (nSPS) is 13.0. The zero-order chi connectivity index (χ0) is 10.8. The number of nitrogens with zero attached hydrogens (tertiary/aromatic N) is 2. The van der Waals surface area contributed by atoms with Crippen LogP contribution in [-0.4, -0.2) is 0 Å². The van der Waals surface area contributed by atoms with E-state index in [0.29, 0.717) is 0 Å². The number of para-hydroxylation sites is 1. The van der Waals surface area contributed by atoms with Crippen LogP contribution in [0.15, 0.2) is 58.8 Å². The van der Waals surface area contributed by atoms with Gasteiger partial charge in [0.2, 0.25) is 0 Å². The fourth-order valence-electron chi connectivity index (χ4n) is 1.77. The van der Waals surface area contributed by atoms with Crippen molar-refractivity contribution in [2.45, 2.75) is 6.54 Å². The predicted octanol–water partition coefficient (Wildman–Crippen LogP) is 4.03. The van der Waals surface area contributed by atoms with E-state index in [2.05, 4.69) is 21.6 Å². The van der Waals surface area contributed by atoms with Crippen LogP contribution in [0.4, 0.5) is 17.1 Å². The summed E-state index contributed by atoms with van der Waals surface area (Å²) in [5, 5.41) is 11.9. The minimum Gasteiger partial charge on any atom is -0.379 e. The summed E-state index contributed by atoms with van der Waals surface area (Å²) >= 11 is 0. The first kappa shape index (κ1) is 9.09. The molecule has 3 heteroatoms. The quantitative estimate of drug-likeness (QED) is 0.698. The monoisotopic (exact) mass is 209 g/mol. The van der Waals surface area contributed by atoms with Gasteiger partial charge < -0.3 is 5.32 Å². The van der Waals surface area contributed by atoms with E-state index in [-0.39, 0.29) is 0 Å². The van der Waals surface area contributed by atoms with Crippen LogP contribution >= 0.6 is 0 Å². The first-order chi connectivity index (χ1) is 7.93. The summed E-state index contributed by atoms with van der Waals surface area (Å²) in [6.45, 7) is 0.784. The molecule has 3 rings (SSSR count). The topological polar surface area (TPSA) is 36.8 Å². The number of benzene rings is 2. The molecule has 0 fully saturated rings. The van der Waals surface area contributed by atoms with Crippen LogP contribution in [0.5, 0.6) is 0 Å². The third-order valence-electron chi connectivity index (χ3n) is 2.63. The Labute approximate surface area is 93.8 Å². The summed E-state index contributed by atoms with van der Waals surface area (Å²) in [5.74, 6) is 0. The Bertz CT molecular complexity index is 497. The van der Waals surface area contributed by atoms with E-state index >= 15 is 0 Å². The molecule has 0 saturated carbocycles. The van der Waals surface area contributed by atoms with E-state index in [4.69, 9.17) is 0 Å². The molecule has 1 aliphatic heterocycles. The second kappa shape index (κ2) is 3.77. The summed E-state index contributed by atoms with van der Waals surface area (Å²) in [6, 6.07) is 16.0. The zero-order valence-electron chi connectivity index (χ0n) is 8.72. The SMILES string of the molecule is c1ccc2c(c1)CNc1ccccc1N=N2. The van der Waals surface area contributed by atoms with Gasteiger partial charge in [0.25, 0.3) is 0 Å². The average molecular weight is 209 g/mol. The summed E-state index contributed by atoms with van der Waals surface area (Å²) in [4.78, 5) is 0. The molecule has 3 nitrogen and oxygen atoms in total. The Hall–Kier alpha value is -2.16. The molecule has 16 heavy (non-hydrogen) atoms. The molecule has 0 saturated heterocycles. The van der Waals surface area contributed by atoms with Gasteiger partial charge in [0.1, 0.15) is 5.69 Å². The Balaban J connectivity index is 2.10. The van der Waals surface area contributed by atoms with Crippen molar-refractivity contribution < 1.29 is 0 Å². The van der Waals surface area contributed by atoms with Gasteiger partial charge in [-0.15, -0.1) is 5.11 Å². The van der Waals surface area contributed by atoms with Crippen LogP contribution in [-0.2, 0) is 6.54 Å². The fourth-order valence-corrected chi connectivity index (χ4v) is 1.77. The second-order valence-corrected chi connectivity index (χ2v) is 3.70. The molecule has 0 unspecified atom stereocenters. The lowest BCUT2D eigenvalue weighted by atomic mass is 10.1. The molecular formula is C13H11N3. The van der Waals surface area contributed by atoms with Crippen molar-refractivity contribution in [2.24, 2.45) is 10.2 Å². The van der Waals surface area contributed by atoms with Crippen molar-refractivity contribution >= 4 is 17.1 Å². The Kier molecular flexibility index (Phi) is 2.14. The van der Waals surface area contributed by atoms with E-state index < -0.39 is 0 Å². The van der Waals surface area contributed by atoms with Crippen molar-refractivity contribution in [2.75, 3.05) is 5.32 Å². The molecule has 0 atom stereocenters. The van der Waals surface area contributed by atoms with Crippen LogP contribution in [0.25, 0.3) is 0 Å². The lowest BCUT2D eigenvalue weighted by Crippen LogP contribution is -2.00. The summed E-state index contributed by atoms with van der Waals surface area (Å²) in [7, 11) is 0. The first-order valence-electron chi connectivity index (χ1n) is 5.26. The van der Waals surface area contributed by atoms with Crippen LogP contribution in [0, 0.1) is 0 Å². The molecule has 1 N–H and O–H groups in total. The number of anilines is 1. The number of fused-ring (bicyclic) bond motifs is 2.